The summed E-state index contributed by atoms with van der Waals surface area (Å²) in [6.07, 6.45) is 0. The predicted molar refractivity (Wildman–Crippen MR) is 100 cm³/mol. The van der Waals surface area contributed by atoms with Crippen LogP contribution in [-0.2, 0) is 17.8 Å². The Bertz CT molecular complexity index is 1120. The molecule has 1 N–H and O–H groups in total. The number of benzene rings is 3. The van der Waals surface area contributed by atoms with Crippen LogP contribution >= 0.6 is 11.3 Å². The fraction of sp³-hybridized carbons (Fsp3) is 0.0526. The molecule has 3 nitrogen and oxygen atoms in total. The molecule has 0 bridgehead atoms. The third-order valence-electron chi connectivity index (χ3n) is 4.33. The van der Waals surface area contributed by atoms with E-state index in [1.54, 1.807) is 11.3 Å². The van der Waals surface area contributed by atoms with Crippen LogP contribution in [0.4, 0.5) is 0 Å². The van der Waals surface area contributed by atoms with Crippen molar-refractivity contribution in [1.82, 2.24) is 4.72 Å². The Balaban J connectivity index is 1.83. The molecular formula is C19H13NO2S2. The molecule has 5 rings (SSSR count). The molecule has 4 aromatic rings. The first-order chi connectivity index (χ1) is 11.8. The Morgan fingerprint density at radius 3 is 2.67 bits per heavy atom. The summed E-state index contributed by atoms with van der Waals surface area (Å²) in [5.74, 6) is 0.722. The normalized spacial score (nSPS) is 16.9. The fourth-order valence-electron chi connectivity index (χ4n) is 3.24. The van der Waals surface area contributed by atoms with Crippen molar-refractivity contribution in [2.75, 3.05) is 0 Å². The maximum absolute atomic E-state index is 11.8. The van der Waals surface area contributed by atoms with Crippen molar-refractivity contribution < 1.29 is 8.39 Å². The Labute approximate surface area is 145 Å². The van der Waals surface area contributed by atoms with Gasteiger partial charge in [0.25, 0.3) is 11.3 Å². The lowest BCUT2D eigenvalue weighted by Gasteiger charge is -2.19. The van der Waals surface area contributed by atoms with Gasteiger partial charge in [-0.3, -0.25) is 0 Å². The fourth-order valence-corrected chi connectivity index (χ4v) is 5.15. The van der Waals surface area contributed by atoms with Gasteiger partial charge in [0.2, 0.25) is 0 Å². The molecular weight excluding hydrogens is 338 g/mol. The van der Waals surface area contributed by atoms with Gasteiger partial charge < -0.3 is 4.18 Å². The smallest absolute Gasteiger partial charge is 0.288 e. The van der Waals surface area contributed by atoms with E-state index >= 15 is 0 Å². The van der Waals surface area contributed by atoms with Gasteiger partial charge in [0.05, 0.1) is 0 Å². The van der Waals surface area contributed by atoms with Crippen LogP contribution in [0.1, 0.15) is 5.56 Å². The first kappa shape index (κ1) is 14.2. The molecule has 1 aliphatic rings. The van der Waals surface area contributed by atoms with Crippen LogP contribution in [0.2, 0.25) is 0 Å². The monoisotopic (exact) mass is 351 g/mol. The van der Waals surface area contributed by atoms with Gasteiger partial charge in [-0.1, -0.05) is 54.6 Å². The number of thiophene rings is 1. The van der Waals surface area contributed by atoms with Crippen LogP contribution in [0, 0.1) is 0 Å². The molecule has 118 valence electrons. The summed E-state index contributed by atoms with van der Waals surface area (Å²) >= 11 is 0.307. The highest BCUT2D eigenvalue weighted by atomic mass is 32.2. The molecule has 0 saturated carbocycles. The topological polar surface area (TPSA) is 38.3 Å². The summed E-state index contributed by atoms with van der Waals surface area (Å²) in [5, 5.41) is 2.52. The van der Waals surface area contributed by atoms with E-state index in [9.17, 15) is 4.21 Å². The lowest BCUT2D eigenvalue weighted by atomic mass is 9.99. The molecule has 1 aliphatic heterocycles. The van der Waals surface area contributed by atoms with Gasteiger partial charge in [-0.15, -0.1) is 11.3 Å². The Morgan fingerprint density at radius 2 is 1.71 bits per heavy atom. The average Bonchev–Trinajstić information content (AvgIpc) is 3.00. The van der Waals surface area contributed by atoms with Crippen LogP contribution in [0.5, 0.6) is 5.75 Å². The number of nitrogens with one attached hydrogen (secondary N) is 1. The van der Waals surface area contributed by atoms with Crippen molar-refractivity contribution >= 4 is 42.8 Å². The number of hydrogen-bond donors (Lipinski definition) is 1. The van der Waals surface area contributed by atoms with Gasteiger partial charge >= 0.3 is 0 Å². The molecule has 2 heterocycles. The first-order valence-electron chi connectivity index (χ1n) is 7.67. The van der Waals surface area contributed by atoms with Crippen LogP contribution in [0.15, 0.2) is 60.7 Å². The second-order valence-electron chi connectivity index (χ2n) is 5.71. The molecule has 1 aromatic heterocycles. The Kier molecular flexibility index (Phi) is 3.19. The van der Waals surface area contributed by atoms with Crippen LogP contribution < -0.4 is 8.91 Å². The van der Waals surface area contributed by atoms with Crippen molar-refractivity contribution in [2.45, 2.75) is 6.54 Å². The lowest BCUT2D eigenvalue weighted by molar-refractivity contribution is 0.525. The molecule has 1 atom stereocenters. The number of rotatable bonds is 1. The molecule has 3 aromatic carbocycles. The molecule has 1 unspecified atom stereocenters. The number of hydrogen-bond acceptors (Lipinski definition) is 3. The van der Waals surface area contributed by atoms with E-state index in [0.717, 1.165) is 22.4 Å². The summed E-state index contributed by atoms with van der Waals surface area (Å²) in [5.41, 5.74) is 3.16. The molecule has 24 heavy (non-hydrogen) atoms. The van der Waals surface area contributed by atoms with E-state index in [0.29, 0.717) is 6.54 Å². The molecule has 0 fully saturated rings. The summed E-state index contributed by atoms with van der Waals surface area (Å²) in [7, 11) is 0. The zero-order chi connectivity index (χ0) is 16.1. The van der Waals surface area contributed by atoms with E-state index < -0.39 is 11.3 Å². The highest BCUT2D eigenvalue weighted by molar-refractivity contribution is 7.78. The lowest BCUT2D eigenvalue weighted by Crippen LogP contribution is -2.26. The summed E-state index contributed by atoms with van der Waals surface area (Å²) in [6, 6.07) is 20.9. The molecule has 0 radical (unpaired) electrons. The molecule has 0 aliphatic carbocycles. The molecule has 0 spiro atoms. The van der Waals surface area contributed by atoms with E-state index in [1.807, 2.05) is 18.2 Å². The summed E-state index contributed by atoms with van der Waals surface area (Å²) in [4.78, 5) is 0. The van der Waals surface area contributed by atoms with Gasteiger partial charge in [-0.25, -0.2) is 0 Å². The Morgan fingerprint density at radius 1 is 0.917 bits per heavy atom. The van der Waals surface area contributed by atoms with Gasteiger partial charge in [0.1, 0.15) is 0 Å². The van der Waals surface area contributed by atoms with E-state index in [1.165, 1.54) is 20.2 Å². The highest BCUT2D eigenvalue weighted by Gasteiger charge is 2.21. The Hall–Kier alpha value is -2.21. The quantitative estimate of drug-likeness (QED) is 0.536. The van der Waals surface area contributed by atoms with Gasteiger partial charge in [0, 0.05) is 43.4 Å². The van der Waals surface area contributed by atoms with Crippen LogP contribution in [-0.4, -0.2) is 4.21 Å². The van der Waals surface area contributed by atoms with Crippen molar-refractivity contribution in [3.63, 3.8) is 0 Å². The summed E-state index contributed by atoms with van der Waals surface area (Å²) < 4.78 is 22.7. The standard InChI is InChI=1S/C19H13NO2S2/c21-24-20-11-12-5-3-7-14(18(12)22-24)16-9-4-8-15-13-6-1-2-10-17(13)23-19(15)16/h1-10,20H,11H2. The van der Waals surface area contributed by atoms with Crippen molar-refractivity contribution in [3.8, 4) is 16.9 Å². The van der Waals surface area contributed by atoms with Crippen LogP contribution in [0.3, 0.4) is 0 Å². The van der Waals surface area contributed by atoms with Crippen molar-refractivity contribution in [1.29, 1.82) is 0 Å². The maximum atomic E-state index is 11.8. The van der Waals surface area contributed by atoms with Gasteiger partial charge in [-0.05, 0) is 6.07 Å². The predicted octanol–water partition coefficient (Wildman–Crippen LogP) is 4.78. The van der Waals surface area contributed by atoms with E-state index in [2.05, 4.69) is 47.2 Å². The molecule has 5 heteroatoms. The minimum absolute atomic E-state index is 0.554. The summed E-state index contributed by atoms with van der Waals surface area (Å²) in [6.45, 7) is 0.554. The third kappa shape index (κ3) is 2.09. The molecule has 0 amide bonds. The first-order valence-corrected chi connectivity index (χ1v) is 9.56. The maximum Gasteiger partial charge on any atom is 0.288 e. The minimum atomic E-state index is -1.48. The van der Waals surface area contributed by atoms with Gasteiger partial charge in [0.15, 0.2) is 5.75 Å². The average molecular weight is 351 g/mol. The van der Waals surface area contributed by atoms with E-state index in [4.69, 9.17) is 4.18 Å². The zero-order valence-electron chi connectivity index (χ0n) is 12.6. The number of para-hydroxylation sites is 1. The van der Waals surface area contributed by atoms with Crippen molar-refractivity contribution in [3.05, 3.63) is 66.2 Å². The second kappa shape index (κ2) is 5.41. The minimum Gasteiger partial charge on any atom is -0.388 e. The SMILES string of the molecule is O=S1NCc2cccc(-c3cccc4c3sc3ccccc34)c2O1. The van der Waals surface area contributed by atoms with Gasteiger partial charge in [-0.2, -0.15) is 8.93 Å². The third-order valence-corrected chi connectivity index (χ3v) is 6.25. The molecule has 0 saturated heterocycles. The highest BCUT2D eigenvalue weighted by Crippen LogP contribution is 2.43. The van der Waals surface area contributed by atoms with E-state index in [-0.39, 0.29) is 0 Å². The second-order valence-corrected chi connectivity index (χ2v) is 7.69. The van der Waals surface area contributed by atoms with Crippen molar-refractivity contribution in [2.24, 2.45) is 0 Å². The largest absolute Gasteiger partial charge is 0.388 e. The van der Waals surface area contributed by atoms with Crippen LogP contribution in [0.25, 0.3) is 31.3 Å². The number of fused-ring (bicyclic) bond motifs is 4. The zero-order valence-corrected chi connectivity index (χ0v) is 14.2.